The fourth-order valence-corrected chi connectivity index (χ4v) is 2.91. The molecule has 2 amide bonds. The molecule has 2 N–H and O–H groups in total. The lowest BCUT2D eigenvalue weighted by Crippen LogP contribution is -2.35. The second kappa shape index (κ2) is 12.0. The molecule has 0 bridgehead atoms. The zero-order valence-electron chi connectivity index (χ0n) is 19.3. The predicted molar refractivity (Wildman–Crippen MR) is 120 cm³/mol. The number of amides is 2. The molecule has 11 nitrogen and oxygen atoms in total. The Morgan fingerprint density at radius 2 is 1.36 bits per heavy atom. The first kappa shape index (κ1) is 25.1. The van der Waals surface area contributed by atoms with Crippen molar-refractivity contribution in [2.24, 2.45) is 5.10 Å². The Labute approximate surface area is 191 Å². The number of nitrogens with one attached hydrogen (secondary N) is 2. The van der Waals surface area contributed by atoms with E-state index in [4.69, 9.17) is 28.4 Å². The molecule has 0 aliphatic carbocycles. The largest absolute Gasteiger partial charge is 0.493 e. The topological polar surface area (TPSA) is 126 Å². The van der Waals surface area contributed by atoms with Gasteiger partial charge in [0, 0.05) is 11.1 Å². The molecule has 178 valence electrons. The first-order valence-electron chi connectivity index (χ1n) is 9.63. The minimum Gasteiger partial charge on any atom is -0.493 e. The van der Waals surface area contributed by atoms with Crippen LogP contribution in [0.2, 0.25) is 0 Å². The molecule has 0 unspecified atom stereocenters. The Morgan fingerprint density at radius 3 is 1.88 bits per heavy atom. The number of rotatable bonds is 11. The number of benzene rings is 2. The molecule has 0 atom stereocenters. The second-order valence-electron chi connectivity index (χ2n) is 6.31. The van der Waals surface area contributed by atoms with Crippen molar-refractivity contribution >= 4 is 18.0 Å². The molecule has 0 fully saturated rings. The van der Waals surface area contributed by atoms with Crippen LogP contribution in [0.3, 0.4) is 0 Å². The molecule has 0 spiro atoms. The molecule has 0 aliphatic rings. The molecule has 2 aromatic carbocycles. The van der Waals surface area contributed by atoms with Crippen LogP contribution in [0.4, 0.5) is 0 Å². The average molecular weight is 461 g/mol. The van der Waals surface area contributed by atoms with Crippen LogP contribution in [0.25, 0.3) is 0 Å². The lowest BCUT2D eigenvalue weighted by atomic mass is 10.1. The third-order valence-electron chi connectivity index (χ3n) is 4.46. The van der Waals surface area contributed by atoms with Crippen molar-refractivity contribution in [2.75, 3.05) is 49.2 Å². The Hall–Kier alpha value is -4.15. The van der Waals surface area contributed by atoms with E-state index in [9.17, 15) is 9.59 Å². The van der Waals surface area contributed by atoms with E-state index in [0.717, 1.165) is 0 Å². The molecule has 0 saturated carbocycles. The highest BCUT2D eigenvalue weighted by Gasteiger charge is 2.18. The molecule has 2 rings (SSSR count). The molecular formula is C22H27N3O8. The van der Waals surface area contributed by atoms with Crippen molar-refractivity contribution in [1.29, 1.82) is 0 Å². The fourth-order valence-electron chi connectivity index (χ4n) is 2.91. The summed E-state index contributed by atoms with van der Waals surface area (Å²) in [6, 6.07) is 6.34. The molecule has 0 heterocycles. The van der Waals surface area contributed by atoms with Gasteiger partial charge in [-0.1, -0.05) is 0 Å². The van der Waals surface area contributed by atoms with Gasteiger partial charge in [-0.25, -0.2) is 5.43 Å². The van der Waals surface area contributed by atoms with E-state index >= 15 is 0 Å². The highest BCUT2D eigenvalue weighted by molar-refractivity contribution is 5.97. The number of hydrogen-bond donors (Lipinski definition) is 2. The van der Waals surface area contributed by atoms with Gasteiger partial charge in [0.25, 0.3) is 11.8 Å². The smallest absolute Gasteiger partial charge is 0.259 e. The molecule has 33 heavy (non-hydrogen) atoms. The summed E-state index contributed by atoms with van der Waals surface area (Å²) in [5.74, 6) is 1.24. The van der Waals surface area contributed by atoms with Crippen LogP contribution in [0, 0.1) is 0 Å². The Balaban J connectivity index is 2.03. The number of carbonyl (C=O) groups is 2. The van der Waals surface area contributed by atoms with Crippen LogP contribution in [0.5, 0.6) is 34.5 Å². The van der Waals surface area contributed by atoms with Gasteiger partial charge in [0.15, 0.2) is 23.0 Å². The van der Waals surface area contributed by atoms with E-state index in [-0.39, 0.29) is 12.1 Å². The SMILES string of the molecule is COc1cc(C(=O)NCC(=O)NN=Cc2ccc(OC)c(OC)c2OC)cc(OC)c1OC. The number of methoxy groups -OCH3 is 6. The lowest BCUT2D eigenvalue weighted by molar-refractivity contribution is -0.120. The summed E-state index contributed by atoms with van der Waals surface area (Å²) in [4.78, 5) is 24.6. The lowest BCUT2D eigenvalue weighted by Gasteiger charge is -2.14. The minimum atomic E-state index is -0.536. The van der Waals surface area contributed by atoms with Crippen LogP contribution in [-0.2, 0) is 4.79 Å². The van der Waals surface area contributed by atoms with E-state index < -0.39 is 11.8 Å². The molecule has 0 aromatic heterocycles. The van der Waals surface area contributed by atoms with E-state index in [0.29, 0.717) is 40.1 Å². The Morgan fingerprint density at radius 1 is 0.788 bits per heavy atom. The monoisotopic (exact) mass is 461 g/mol. The van der Waals surface area contributed by atoms with Crippen LogP contribution in [0.15, 0.2) is 29.4 Å². The number of carbonyl (C=O) groups excluding carboxylic acids is 2. The molecule has 0 radical (unpaired) electrons. The standard InChI is InChI=1S/C22H27N3O8/c1-28-15-8-7-13(19(31-4)21(15)33-6)11-24-25-18(26)12-23-22(27)14-9-16(29-2)20(32-5)17(10-14)30-3/h7-11H,12H2,1-6H3,(H,23,27)(H,25,26). The van der Waals surface area contributed by atoms with Gasteiger partial charge in [0.2, 0.25) is 11.5 Å². The van der Waals surface area contributed by atoms with Gasteiger partial charge in [-0.15, -0.1) is 0 Å². The van der Waals surface area contributed by atoms with E-state index in [1.165, 1.54) is 61.0 Å². The van der Waals surface area contributed by atoms with E-state index in [2.05, 4.69) is 15.8 Å². The zero-order chi connectivity index (χ0) is 24.4. The molecule has 0 aliphatic heterocycles. The Kier molecular flexibility index (Phi) is 9.16. The van der Waals surface area contributed by atoms with Gasteiger partial charge in [-0.3, -0.25) is 9.59 Å². The third-order valence-corrected chi connectivity index (χ3v) is 4.46. The maximum absolute atomic E-state index is 12.5. The molecule has 0 saturated heterocycles. The van der Waals surface area contributed by atoms with E-state index in [1.807, 2.05) is 0 Å². The highest BCUT2D eigenvalue weighted by atomic mass is 16.5. The van der Waals surface area contributed by atoms with Gasteiger partial charge >= 0.3 is 0 Å². The summed E-state index contributed by atoms with van der Waals surface area (Å²) in [7, 11) is 8.82. The first-order chi connectivity index (χ1) is 15.9. The van der Waals surface area contributed by atoms with Crippen molar-refractivity contribution in [1.82, 2.24) is 10.7 Å². The van der Waals surface area contributed by atoms with E-state index in [1.54, 1.807) is 12.1 Å². The fraction of sp³-hybridized carbons (Fsp3) is 0.318. The number of hydrazone groups is 1. The number of nitrogens with zero attached hydrogens (tertiary/aromatic N) is 1. The van der Waals surface area contributed by atoms with Crippen LogP contribution in [0.1, 0.15) is 15.9 Å². The molecule has 11 heteroatoms. The quantitative estimate of drug-likeness (QED) is 0.382. The van der Waals surface area contributed by atoms with Crippen molar-refractivity contribution in [3.05, 3.63) is 35.4 Å². The zero-order valence-corrected chi connectivity index (χ0v) is 19.3. The Bertz CT molecular complexity index is 998. The summed E-state index contributed by atoms with van der Waals surface area (Å²) >= 11 is 0. The summed E-state index contributed by atoms with van der Waals surface area (Å²) < 4.78 is 31.6. The third kappa shape index (κ3) is 5.97. The number of ether oxygens (including phenoxy) is 6. The predicted octanol–water partition coefficient (Wildman–Crippen LogP) is 1.62. The van der Waals surface area contributed by atoms with Gasteiger partial charge in [0.05, 0.1) is 55.4 Å². The number of hydrogen-bond acceptors (Lipinski definition) is 9. The second-order valence-corrected chi connectivity index (χ2v) is 6.31. The normalized spacial score (nSPS) is 10.4. The maximum Gasteiger partial charge on any atom is 0.259 e. The van der Waals surface area contributed by atoms with Crippen LogP contribution < -0.4 is 39.2 Å². The van der Waals surface area contributed by atoms with Gasteiger partial charge in [-0.2, -0.15) is 5.10 Å². The highest BCUT2D eigenvalue weighted by Crippen LogP contribution is 2.39. The molecular weight excluding hydrogens is 434 g/mol. The maximum atomic E-state index is 12.5. The van der Waals surface area contributed by atoms with Gasteiger partial charge < -0.3 is 33.7 Å². The first-order valence-corrected chi connectivity index (χ1v) is 9.63. The van der Waals surface area contributed by atoms with Crippen molar-refractivity contribution in [3.8, 4) is 34.5 Å². The van der Waals surface area contributed by atoms with Gasteiger partial charge in [-0.05, 0) is 24.3 Å². The summed E-state index contributed by atoms with van der Waals surface area (Å²) in [6.45, 7) is -0.310. The summed E-state index contributed by atoms with van der Waals surface area (Å²) in [5.41, 5.74) is 3.12. The van der Waals surface area contributed by atoms with Crippen molar-refractivity contribution in [2.45, 2.75) is 0 Å². The minimum absolute atomic E-state index is 0.232. The van der Waals surface area contributed by atoms with Crippen LogP contribution in [-0.4, -0.2) is 67.2 Å². The van der Waals surface area contributed by atoms with Gasteiger partial charge in [0.1, 0.15) is 0 Å². The van der Waals surface area contributed by atoms with Crippen molar-refractivity contribution in [3.63, 3.8) is 0 Å². The van der Waals surface area contributed by atoms with Crippen molar-refractivity contribution < 1.29 is 38.0 Å². The van der Waals surface area contributed by atoms with Crippen LogP contribution >= 0.6 is 0 Å². The summed E-state index contributed by atoms with van der Waals surface area (Å²) in [5, 5.41) is 6.41. The average Bonchev–Trinajstić information content (AvgIpc) is 2.85. The summed E-state index contributed by atoms with van der Waals surface area (Å²) in [6.07, 6.45) is 1.39. The molecule has 2 aromatic rings.